The molecule has 0 amide bonds. The second kappa shape index (κ2) is 5.91. The maximum Gasteiger partial charge on any atom is 0.330 e. The van der Waals surface area contributed by atoms with E-state index >= 15 is 0 Å². The zero-order valence-electron chi connectivity index (χ0n) is 10.9. The van der Waals surface area contributed by atoms with E-state index in [4.69, 9.17) is 0 Å². The average molecular weight is 254 g/mol. The first-order chi connectivity index (χ1) is 8.42. The molecule has 0 saturated carbocycles. The van der Waals surface area contributed by atoms with Gasteiger partial charge in [-0.1, -0.05) is 20.8 Å². The van der Waals surface area contributed by atoms with E-state index in [0.717, 1.165) is 6.20 Å². The monoisotopic (exact) mass is 254 g/mol. The summed E-state index contributed by atoms with van der Waals surface area (Å²) in [5, 5.41) is 12.5. The van der Waals surface area contributed by atoms with Gasteiger partial charge >= 0.3 is 5.97 Å². The van der Waals surface area contributed by atoms with Gasteiger partial charge in [-0.25, -0.2) is 9.18 Å². The van der Waals surface area contributed by atoms with Crippen LogP contribution >= 0.6 is 0 Å². The number of hydrogen-bond acceptors (Lipinski definition) is 3. The summed E-state index contributed by atoms with van der Waals surface area (Å²) < 4.78 is 12.9. The molecule has 1 atom stereocenters. The highest BCUT2D eigenvalue weighted by atomic mass is 19.1. The van der Waals surface area contributed by atoms with E-state index in [9.17, 15) is 14.3 Å². The predicted octanol–water partition coefficient (Wildman–Crippen LogP) is 2.16. The van der Waals surface area contributed by atoms with Gasteiger partial charge in [-0.05, 0) is 31.0 Å². The van der Waals surface area contributed by atoms with Crippen molar-refractivity contribution < 1.29 is 14.3 Å². The molecule has 0 aliphatic rings. The molecule has 1 aromatic rings. The van der Waals surface area contributed by atoms with Crippen molar-refractivity contribution in [1.29, 1.82) is 0 Å². The van der Waals surface area contributed by atoms with Gasteiger partial charge in [0, 0.05) is 0 Å². The maximum atomic E-state index is 12.9. The van der Waals surface area contributed by atoms with Crippen LogP contribution in [0.25, 0.3) is 0 Å². The fraction of sp³-hybridized carbons (Fsp3) is 0.538. The van der Waals surface area contributed by atoms with E-state index in [-0.39, 0.29) is 0 Å². The van der Waals surface area contributed by atoms with Crippen LogP contribution in [0.15, 0.2) is 18.3 Å². The zero-order chi connectivity index (χ0) is 13.8. The lowest BCUT2D eigenvalue weighted by Gasteiger charge is -2.29. The number of halogens is 1. The second-order valence-electron chi connectivity index (χ2n) is 4.70. The van der Waals surface area contributed by atoms with Crippen molar-refractivity contribution in [3.63, 3.8) is 0 Å². The largest absolute Gasteiger partial charge is 0.480 e. The Morgan fingerprint density at radius 2 is 2.22 bits per heavy atom. The van der Waals surface area contributed by atoms with E-state index < -0.39 is 17.3 Å². The highest BCUT2D eigenvalue weighted by Gasteiger charge is 2.39. The Morgan fingerprint density at radius 3 is 2.61 bits per heavy atom. The van der Waals surface area contributed by atoms with E-state index in [2.05, 4.69) is 10.3 Å². The van der Waals surface area contributed by atoms with Crippen LogP contribution in [0.5, 0.6) is 0 Å². The van der Waals surface area contributed by atoms with Gasteiger partial charge in [0.15, 0.2) is 5.54 Å². The van der Waals surface area contributed by atoms with E-state index in [1.807, 2.05) is 13.8 Å². The Kier molecular flexibility index (Phi) is 4.78. The molecule has 0 aliphatic heterocycles. The first-order valence-corrected chi connectivity index (χ1v) is 6.03. The summed E-state index contributed by atoms with van der Waals surface area (Å²) in [5.41, 5.74) is -0.919. The number of rotatable bonds is 6. The SMILES string of the molecule is CCC(NCC(C)C)(C(=O)O)c1ccc(F)cn1. The van der Waals surface area contributed by atoms with Crippen molar-refractivity contribution in [3.8, 4) is 0 Å². The standard InChI is InChI=1S/C13H19FN2O2/c1-4-13(12(17)18,16-7-9(2)3)11-6-5-10(14)8-15-11/h5-6,8-9,16H,4,7H2,1-3H3,(H,17,18). The molecular formula is C13H19FN2O2. The molecule has 1 unspecified atom stereocenters. The minimum atomic E-state index is -1.25. The smallest absolute Gasteiger partial charge is 0.330 e. The van der Waals surface area contributed by atoms with Gasteiger partial charge in [-0.2, -0.15) is 0 Å². The van der Waals surface area contributed by atoms with Crippen molar-refractivity contribution in [3.05, 3.63) is 29.8 Å². The lowest BCUT2D eigenvalue weighted by molar-refractivity contribution is -0.145. The summed E-state index contributed by atoms with van der Waals surface area (Å²) in [6.07, 6.45) is 1.38. The summed E-state index contributed by atoms with van der Waals surface area (Å²) in [5.74, 6) is -1.15. The van der Waals surface area contributed by atoms with Crippen molar-refractivity contribution in [2.24, 2.45) is 5.92 Å². The van der Waals surface area contributed by atoms with Gasteiger partial charge in [0.2, 0.25) is 0 Å². The van der Waals surface area contributed by atoms with Crippen LogP contribution < -0.4 is 5.32 Å². The molecule has 0 fully saturated rings. The summed E-state index contributed by atoms with van der Waals surface area (Å²) >= 11 is 0. The summed E-state index contributed by atoms with van der Waals surface area (Å²) in [6.45, 7) is 6.31. The van der Waals surface area contributed by atoms with Crippen molar-refractivity contribution in [1.82, 2.24) is 10.3 Å². The molecule has 0 bridgehead atoms. The lowest BCUT2D eigenvalue weighted by atomic mass is 9.90. The predicted molar refractivity (Wildman–Crippen MR) is 66.6 cm³/mol. The number of aliphatic carboxylic acids is 1. The van der Waals surface area contributed by atoms with E-state index in [0.29, 0.717) is 24.6 Å². The fourth-order valence-electron chi connectivity index (χ4n) is 1.74. The van der Waals surface area contributed by atoms with Crippen LogP contribution in [0, 0.1) is 11.7 Å². The topological polar surface area (TPSA) is 62.2 Å². The second-order valence-corrected chi connectivity index (χ2v) is 4.70. The first-order valence-electron chi connectivity index (χ1n) is 6.03. The molecule has 0 aromatic carbocycles. The highest BCUT2D eigenvalue weighted by molar-refractivity contribution is 5.80. The number of aromatic nitrogens is 1. The number of nitrogens with one attached hydrogen (secondary N) is 1. The third-order valence-electron chi connectivity index (χ3n) is 2.87. The molecular weight excluding hydrogens is 235 g/mol. The Morgan fingerprint density at radius 1 is 1.56 bits per heavy atom. The van der Waals surface area contributed by atoms with Crippen LogP contribution in [-0.2, 0) is 10.3 Å². The molecule has 4 nitrogen and oxygen atoms in total. The van der Waals surface area contributed by atoms with Crippen molar-refractivity contribution >= 4 is 5.97 Å². The number of carboxylic acid groups (broad SMARTS) is 1. The Balaban J connectivity index is 3.10. The Bertz CT molecular complexity index is 406. The first kappa shape index (κ1) is 14.6. The summed E-state index contributed by atoms with van der Waals surface area (Å²) in [4.78, 5) is 15.5. The van der Waals surface area contributed by atoms with Gasteiger partial charge in [-0.3, -0.25) is 10.3 Å². The molecule has 1 heterocycles. The quantitative estimate of drug-likeness (QED) is 0.816. The van der Waals surface area contributed by atoms with Crippen LogP contribution in [0.4, 0.5) is 4.39 Å². The average Bonchev–Trinajstić information content (AvgIpc) is 2.31. The Hall–Kier alpha value is -1.49. The molecule has 0 saturated heterocycles. The summed E-state index contributed by atoms with van der Waals surface area (Å²) in [6, 6.07) is 2.65. The van der Waals surface area contributed by atoms with Gasteiger partial charge in [0.05, 0.1) is 11.9 Å². The normalized spacial score (nSPS) is 14.5. The van der Waals surface area contributed by atoms with Gasteiger partial charge < -0.3 is 5.11 Å². The lowest BCUT2D eigenvalue weighted by Crippen LogP contribution is -2.50. The van der Waals surface area contributed by atoms with Crippen LogP contribution in [0.3, 0.4) is 0 Å². The van der Waals surface area contributed by atoms with Crippen molar-refractivity contribution in [2.75, 3.05) is 6.54 Å². The number of carboxylic acids is 1. The Labute approximate surface area is 106 Å². The molecule has 1 rings (SSSR count). The number of pyridine rings is 1. The minimum absolute atomic E-state index is 0.315. The minimum Gasteiger partial charge on any atom is -0.480 e. The number of carbonyl (C=O) groups is 1. The van der Waals surface area contributed by atoms with E-state index in [1.165, 1.54) is 12.1 Å². The fourth-order valence-corrected chi connectivity index (χ4v) is 1.74. The van der Waals surface area contributed by atoms with Gasteiger partial charge in [0.25, 0.3) is 0 Å². The van der Waals surface area contributed by atoms with Crippen molar-refractivity contribution in [2.45, 2.75) is 32.7 Å². The summed E-state index contributed by atoms with van der Waals surface area (Å²) in [7, 11) is 0. The van der Waals surface area contributed by atoms with Gasteiger partial charge in [-0.15, -0.1) is 0 Å². The molecule has 18 heavy (non-hydrogen) atoms. The maximum absolute atomic E-state index is 12.9. The zero-order valence-corrected chi connectivity index (χ0v) is 10.9. The van der Waals surface area contributed by atoms with E-state index in [1.54, 1.807) is 6.92 Å². The molecule has 0 radical (unpaired) electrons. The molecule has 0 spiro atoms. The third-order valence-corrected chi connectivity index (χ3v) is 2.87. The molecule has 5 heteroatoms. The van der Waals surface area contributed by atoms with Gasteiger partial charge in [0.1, 0.15) is 5.82 Å². The van der Waals surface area contributed by atoms with Crippen LogP contribution in [-0.4, -0.2) is 22.6 Å². The molecule has 100 valence electrons. The number of hydrogen-bond donors (Lipinski definition) is 2. The van der Waals surface area contributed by atoms with Crippen LogP contribution in [0.2, 0.25) is 0 Å². The molecule has 1 aromatic heterocycles. The third kappa shape index (κ3) is 3.04. The highest BCUT2D eigenvalue weighted by Crippen LogP contribution is 2.24. The number of nitrogens with zero attached hydrogens (tertiary/aromatic N) is 1. The molecule has 2 N–H and O–H groups in total. The molecule has 0 aliphatic carbocycles. The van der Waals surface area contributed by atoms with Crippen LogP contribution in [0.1, 0.15) is 32.9 Å².